The lowest BCUT2D eigenvalue weighted by Gasteiger charge is -2.10. The lowest BCUT2D eigenvalue weighted by Crippen LogP contribution is -2.26. The Labute approximate surface area is 165 Å². The van der Waals surface area contributed by atoms with Crippen LogP contribution in [0.4, 0.5) is 0 Å². The van der Waals surface area contributed by atoms with Gasteiger partial charge < -0.3 is 0 Å². The van der Waals surface area contributed by atoms with Gasteiger partial charge in [-0.2, -0.15) is 0 Å². The number of benzene rings is 2. The third-order valence-electron chi connectivity index (χ3n) is 3.43. The fourth-order valence-corrected chi connectivity index (χ4v) is 3.83. The lowest BCUT2D eigenvalue weighted by molar-refractivity contribution is -0.114. The van der Waals surface area contributed by atoms with Gasteiger partial charge in [-0.25, -0.2) is 4.68 Å². The summed E-state index contributed by atoms with van der Waals surface area (Å²) in [4.78, 5) is 13.3. The van der Waals surface area contributed by atoms with Gasteiger partial charge in [-0.15, -0.1) is 22.0 Å². The fourth-order valence-electron chi connectivity index (χ4n) is 2.12. The van der Waals surface area contributed by atoms with Crippen molar-refractivity contribution in [3.05, 3.63) is 71.0 Å². The van der Waals surface area contributed by atoms with Crippen molar-refractivity contribution in [1.29, 1.82) is 0 Å². The Bertz CT molecular complexity index is 869. The van der Waals surface area contributed by atoms with Gasteiger partial charge in [0.05, 0.1) is 5.75 Å². The maximum Gasteiger partial charge on any atom is 0.249 e. The van der Waals surface area contributed by atoms with Gasteiger partial charge in [-0.05, 0) is 36.8 Å². The second-order valence-electron chi connectivity index (χ2n) is 5.42. The normalized spacial score (nSPS) is 10.7. The zero-order chi connectivity index (χ0) is 18.4. The van der Waals surface area contributed by atoms with Crippen molar-refractivity contribution in [2.75, 3.05) is 11.2 Å². The minimum atomic E-state index is -0.116. The summed E-state index contributed by atoms with van der Waals surface area (Å²) in [5.74, 6) is 1.58. The number of carbonyl (C=O) groups is 1. The lowest BCUT2D eigenvalue weighted by atomic mass is 10.2. The van der Waals surface area contributed by atoms with Crippen LogP contribution >= 0.6 is 35.1 Å². The minimum absolute atomic E-state index is 0.116. The topological polar surface area (TPSA) is 59.8 Å². The number of nitrogens with zero attached hydrogens (tertiary/aromatic N) is 3. The smallest absolute Gasteiger partial charge is 0.249 e. The predicted octanol–water partition coefficient (Wildman–Crippen LogP) is 4.39. The van der Waals surface area contributed by atoms with E-state index in [1.54, 1.807) is 4.68 Å². The molecule has 0 fully saturated rings. The van der Waals surface area contributed by atoms with E-state index >= 15 is 0 Å². The summed E-state index contributed by atoms with van der Waals surface area (Å²) in [7, 11) is 0. The number of hydrogen-bond acceptors (Lipinski definition) is 5. The fraction of sp³-hybridized carbons (Fsp3) is 0.167. The third-order valence-corrected chi connectivity index (χ3v) is 5.69. The van der Waals surface area contributed by atoms with Gasteiger partial charge in [0, 0.05) is 15.7 Å². The van der Waals surface area contributed by atoms with Crippen molar-refractivity contribution in [3.63, 3.8) is 0 Å². The van der Waals surface area contributed by atoms with Crippen LogP contribution in [0.15, 0.2) is 64.6 Å². The summed E-state index contributed by atoms with van der Waals surface area (Å²) in [6.45, 7) is 1.81. The van der Waals surface area contributed by atoms with Crippen molar-refractivity contribution >= 4 is 41.0 Å². The first-order chi connectivity index (χ1) is 12.6. The SMILES string of the molecule is Cc1nnc(SCc2ccccc2)n1NC(=O)CSc1ccc(Cl)cc1. The molecule has 8 heteroatoms. The molecule has 1 N–H and O–H groups in total. The van der Waals surface area contributed by atoms with Crippen LogP contribution in [0, 0.1) is 6.92 Å². The van der Waals surface area contributed by atoms with E-state index in [0.717, 1.165) is 10.6 Å². The van der Waals surface area contributed by atoms with E-state index in [2.05, 4.69) is 27.8 Å². The van der Waals surface area contributed by atoms with Crippen LogP contribution in [0.5, 0.6) is 0 Å². The van der Waals surface area contributed by atoms with Gasteiger partial charge in [-0.3, -0.25) is 10.2 Å². The van der Waals surface area contributed by atoms with E-state index in [1.165, 1.54) is 29.1 Å². The van der Waals surface area contributed by atoms with Gasteiger partial charge in [0.1, 0.15) is 5.82 Å². The van der Waals surface area contributed by atoms with Gasteiger partial charge in [0.2, 0.25) is 11.1 Å². The van der Waals surface area contributed by atoms with Crippen molar-refractivity contribution in [2.24, 2.45) is 0 Å². The second-order valence-corrected chi connectivity index (χ2v) is 7.84. The highest BCUT2D eigenvalue weighted by molar-refractivity contribution is 8.00. The molecule has 1 aromatic heterocycles. The number of nitrogens with one attached hydrogen (secondary N) is 1. The molecule has 0 unspecified atom stereocenters. The van der Waals surface area contributed by atoms with Crippen molar-refractivity contribution < 1.29 is 4.79 Å². The third kappa shape index (κ3) is 5.27. The molecule has 1 heterocycles. The summed E-state index contributed by atoms with van der Waals surface area (Å²) < 4.78 is 1.64. The van der Waals surface area contributed by atoms with Crippen LogP contribution in [-0.2, 0) is 10.5 Å². The predicted molar refractivity (Wildman–Crippen MR) is 107 cm³/mol. The summed E-state index contributed by atoms with van der Waals surface area (Å²) in [6.07, 6.45) is 0. The van der Waals surface area contributed by atoms with Crippen LogP contribution in [0.2, 0.25) is 5.02 Å². The maximum absolute atomic E-state index is 12.3. The van der Waals surface area contributed by atoms with Crippen LogP contribution in [0.25, 0.3) is 0 Å². The Morgan fingerprint density at radius 3 is 2.54 bits per heavy atom. The van der Waals surface area contributed by atoms with Crippen molar-refractivity contribution in [1.82, 2.24) is 14.9 Å². The van der Waals surface area contributed by atoms with E-state index in [0.29, 0.717) is 21.8 Å². The first kappa shape index (κ1) is 18.8. The van der Waals surface area contributed by atoms with Crippen molar-refractivity contribution in [3.8, 4) is 0 Å². The highest BCUT2D eigenvalue weighted by atomic mass is 35.5. The van der Waals surface area contributed by atoms with E-state index in [9.17, 15) is 4.79 Å². The molecule has 5 nitrogen and oxygen atoms in total. The number of aryl methyl sites for hydroxylation is 1. The van der Waals surface area contributed by atoms with E-state index in [1.807, 2.05) is 49.4 Å². The monoisotopic (exact) mass is 404 g/mol. The zero-order valence-electron chi connectivity index (χ0n) is 14.1. The number of hydrogen-bond donors (Lipinski definition) is 1. The molecule has 0 aliphatic heterocycles. The maximum atomic E-state index is 12.3. The highest BCUT2D eigenvalue weighted by Crippen LogP contribution is 2.22. The Hall–Kier alpha value is -1.96. The number of aromatic nitrogens is 3. The van der Waals surface area contributed by atoms with E-state index in [4.69, 9.17) is 11.6 Å². The molecule has 0 atom stereocenters. The molecule has 0 aliphatic carbocycles. The van der Waals surface area contributed by atoms with Crippen LogP contribution < -0.4 is 5.43 Å². The first-order valence-electron chi connectivity index (χ1n) is 7.89. The molecule has 2 aromatic carbocycles. The second kappa shape index (κ2) is 9.12. The van der Waals surface area contributed by atoms with Crippen molar-refractivity contribution in [2.45, 2.75) is 22.7 Å². The number of amides is 1. The standard InChI is InChI=1S/C18H17ClN4OS2/c1-13-20-21-18(26-11-14-5-3-2-4-6-14)23(13)22-17(24)12-25-16-9-7-15(19)8-10-16/h2-10H,11-12H2,1H3,(H,22,24). The number of thioether (sulfide) groups is 2. The molecule has 0 saturated carbocycles. The molecule has 134 valence electrons. The Morgan fingerprint density at radius 2 is 1.81 bits per heavy atom. The summed E-state index contributed by atoms with van der Waals surface area (Å²) in [6, 6.07) is 17.5. The summed E-state index contributed by atoms with van der Waals surface area (Å²) in [5.41, 5.74) is 4.05. The molecular weight excluding hydrogens is 388 g/mol. The Morgan fingerprint density at radius 1 is 1.08 bits per heavy atom. The van der Waals surface area contributed by atoms with Gasteiger partial charge in [0.25, 0.3) is 0 Å². The molecular formula is C18H17ClN4OS2. The zero-order valence-corrected chi connectivity index (χ0v) is 16.4. The first-order valence-corrected chi connectivity index (χ1v) is 10.2. The summed E-state index contributed by atoms with van der Waals surface area (Å²) >= 11 is 8.85. The van der Waals surface area contributed by atoms with Crippen LogP contribution in [0.1, 0.15) is 11.4 Å². The minimum Gasteiger partial charge on any atom is -0.272 e. The summed E-state index contributed by atoms with van der Waals surface area (Å²) in [5, 5.41) is 9.56. The largest absolute Gasteiger partial charge is 0.272 e. The molecule has 26 heavy (non-hydrogen) atoms. The highest BCUT2D eigenvalue weighted by Gasteiger charge is 2.13. The number of carbonyl (C=O) groups excluding carboxylic acids is 1. The average Bonchev–Trinajstić information content (AvgIpc) is 3.00. The van der Waals surface area contributed by atoms with Gasteiger partial charge >= 0.3 is 0 Å². The van der Waals surface area contributed by atoms with E-state index in [-0.39, 0.29) is 5.91 Å². The average molecular weight is 405 g/mol. The van der Waals surface area contributed by atoms with E-state index < -0.39 is 0 Å². The number of rotatable bonds is 7. The molecule has 3 rings (SSSR count). The van der Waals surface area contributed by atoms with Crippen LogP contribution in [0.3, 0.4) is 0 Å². The molecule has 3 aromatic rings. The molecule has 0 bridgehead atoms. The molecule has 0 saturated heterocycles. The molecule has 1 amide bonds. The Kier molecular flexibility index (Phi) is 6.60. The van der Waals surface area contributed by atoms with Crippen LogP contribution in [-0.4, -0.2) is 26.5 Å². The van der Waals surface area contributed by atoms with Gasteiger partial charge in [0.15, 0.2) is 0 Å². The number of halogens is 1. The molecule has 0 aliphatic rings. The quantitative estimate of drug-likeness (QED) is 0.591. The molecule has 0 radical (unpaired) electrons. The molecule has 0 spiro atoms. The Balaban J connectivity index is 1.57. The van der Waals surface area contributed by atoms with Gasteiger partial charge in [-0.1, -0.05) is 53.7 Å².